The fraction of sp³-hybridized carbons (Fsp3) is 0.409. The van der Waals surface area contributed by atoms with Crippen LogP contribution in [0.3, 0.4) is 0 Å². The summed E-state index contributed by atoms with van der Waals surface area (Å²) in [7, 11) is -3.79. The van der Waals surface area contributed by atoms with Gasteiger partial charge in [0.25, 0.3) is 10.0 Å². The lowest BCUT2D eigenvalue weighted by atomic mass is 10.1. The Morgan fingerprint density at radius 2 is 1.63 bits per heavy atom. The Morgan fingerprint density at radius 1 is 0.967 bits per heavy atom. The summed E-state index contributed by atoms with van der Waals surface area (Å²) in [4.78, 5) is 14.6. The number of sulfonamides is 1. The predicted molar refractivity (Wildman–Crippen MR) is 115 cm³/mol. The maximum absolute atomic E-state index is 13.0. The van der Waals surface area contributed by atoms with E-state index in [0.29, 0.717) is 12.2 Å². The Morgan fingerprint density at radius 3 is 2.30 bits per heavy atom. The highest BCUT2D eigenvalue weighted by molar-refractivity contribution is 7.92. The van der Waals surface area contributed by atoms with Gasteiger partial charge in [0.2, 0.25) is 5.91 Å². The first-order valence-electron chi connectivity index (χ1n) is 10.3. The zero-order valence-electron chi connectivity index (χ0n) is 16.9. The van der Waals surface area contributed by atoms with Gasteiger partial charge in [-0.1, -0.05) is 18.6 Å². The Labute approximate surface area is 177 Å². The number of hydrogen-bond donors (Lipinski definition) is 2. The molecule has 8 heteroatoms. The van der Waals surface area contributed by atoms with E-state index in [-0.39, 0.29) is 17.2 Å². The number of nitrogens with zero attached hydrogens (tertiary/aromatic N) is 1. The minimum Gasteiger partial charge on any atom is -0.356 e. The average Bonchev–Trinajstić information content (AvgIpc) is 2.73. The van der Waals surface area contributed by atoms with E-state index in [1.165, 1.54) is 31.4 Å². The summed E-state index contributed by atoms with van der Waals surface area (Å²) in [5.41, 5.74) is 1.18. The lowest BCUT2D eigenvalue weighted by molar-refractivity contribution is -0.120. The van der Waals surface area contributed by atoms with Gasteiger partial charge in [-0.05, 0) is 80.9 Å². The number of benzene rings is 2. The normalized spacial score (nSPS) is 15.0. The highest BCUT2D eigenvalue weighted by atomic mass is 32.2. The minimum atomic E-state index is -3.79. The van der Waals surface area contributed by atoms with Gasteiger partial charge in [-0.15, -0.1) is 0 Å². The van der Waals surface area contributed by atoms with Gasteiger partial charge in [-0.25, -0.2) is 12.8 Å². The summed E-state index contributed by atoms with van der Waals surface area (Å²) in [5.74, 6) is -0.545. The van der Waals surface area contributed by atoms with Crippen molar-refractivity contribution in [3.63, 3.8) is 0 Å². The topological polar surface area (TPSA) is 78.5 Å². The smallest absolute Gasteiger partial charge is 0.261 e. The average molecular weight is 434 g/mol. The molecule has 0 saturated carbocycles. The SMILES string of the molecule is O=C(Cc1ccc(NS(=O)(=O)c2ccc(F)cc2)cc1)NCCCN1CCCCC1. The molecule has 1 aliphatic rings. The second-order valence-electron chi connectivity index (χ2n) is 7.54. The van der Waals surface area contributed by atoms with E-state index in [0.717, 1.165) is 43.8 Å². The zero-order valence-corrected chi connectivity index (χ0v) is 17.8. The van der Waals surface area contributed by atoms with Crippen LogP contribution in [0.5, 0.6) is 0 Å². The highest BCUT2D eigenvalue weighted by Gasteiger charge is 2.14. The first-order chi connectivity index (χ1) is 14.4. The summed E-state index contributed by atoms with van der Waals surface area (Å²) in [6.07, 6.45) is 5.04. The zero-order chi connectivity index (χ0) is 21.4. The maximum Gasteiger partial charge on any atom is 0.261 e. The molecule has 2 aromatic carbocycles. The van der Waals surface area contributed by atoms with Crippen LogP contribution in [-0.2, 0) is 21.2 Å². The lowest BCUT2D eigenvalue weighted by Crippen LogP contribution is -2.33. The Kier molecular flexibility index (Phi) is 7.81. The van der Waals surface area contributed by atoms with Crippen LogP contribution in [0.2, 0.25) is 0 Å². The van der Waals surface area contributed by atoms with Crippen molar-refractivity contribution >= 4 is 21.6 Å². The highest BCUT2D eigenvalue weighted by Crippen LogP contribution is 2.17. The Bertz CT molecular complexity index is 925. The van der Waals surface area contributed by atoms with Crippen molar-refractivity contribution in [2.75, 3.05) is 30.9 Å². The molecule has 0 aromatic heterocycles. The van der Waals surface area contributed by atoms with E-state index in [2.05, 4.69) is 14.9 Å². The second-order valence-corrected chi connectivity index (χ2v) is 9.22. The van der Waals surface area contributed by atoms with E-state index < -0.39 is 15.8 Å². The van der Waals surface area contributed by atoms with E-state index >= 15 is 0 Å². The molecule has 0 atom stereocenters. The van der Waals surface area contributed by atoms with Crippen LogP contribution in [-0.4, -0.2) is 45.4 Å². The molecule has 0 radical (unpaired) electrons. The van der Waals surface area contributed by atoms with Crippen molar-refractivity contribution in [3.8, 4) is 0 Å². The number of piperidine rings is 1. The van der Waals surface area contributed by atoms with E-state index in [1.807, 2.05) is 0 Å². The number of rotatable bonds is 9. The quantitative estimate of drug-likeness (QED) is 0.596. The van der Waals surface area contributed by atoms with Crippen LogP contribution in [0, 0.1) is 5.82 Å². The maximum atomic E-state index is 13.0. The lowest BCUT2D eigenvalue weighted by Gasteiger charge is -2.26. The molecule has 0 bridgehead atoms. The van der Waals surface area contributed by atoms with Crippen LogP contribution in [0.4, 0.5) is 10.1 Å². The van der Waals surface area contributed by atoms with Gasteiger partial charge in [0.1, 0.15) is 5.82 Å². The van der Waals surface area contributed by atoms with Gasteiger partial charge in [-0.3, -0.25) is 9.52 Å². The van der Waals surface area contributed by atoms with Gasteiger partial charge in [0, 0.05) is 12.2 Å². The molecule has 6 nitrogen and oxygen atoms in total. The number of halogens is 1. The molecule has 1 heterocycles. The van der Waals surface area contributed by atoms with Crippen LogP contribution in [0.25, 0.3) is 0 Å². The number of anilines is 1. The van der Waals surface area contributed by atoms with Crippen molar-refractivity contribution in [1.82, 2.24) is 10.2 Å². The Balaban J connectivity index is 1.43. The first kappa shape index (κ1) is 22.2. The molecule has 1 fully saturated rings. The number of likely N-dealkylation sites (tertiary alicyclic amines) is 1. The standard InChI is InChI=1S/C22H28FN3O3S/c23-19-7-11-21(12-8-19)30(28,29)25-20-9-5-18(6-10-20)17-22(27)24-13-4-16-26-14-2-1-3-15-26/h5-12,25H,1-4,13-17H2,(H,24,27). The third-order valence-corrected chi connectivity index (χ3v) is 6.51. The molecular formula is C22H28FN3O3S. The van der Waals surface area contributed by atoms with E-state index in [1.54, 1.807) is 24.3 Å². The fourth-order valence-electron chi connectivity index (χ4n) is 3.48. The molecule has 2 aromatic rings. The van der Waals surface area contributed by atoms with Gasteiger partial charge in [0.05, 0.1) is 11.3 Å². The largest absolute Gasteiger partial charge is 0.356 e. The predicted octanol–water partition coefficient (Wildman–Crippen LogP) is 3.16. The van der Waals surface area contributed by atoms with Gasteiger partial charge < -0.3 is 10.2 Å². The molecule has 0 aliphatic carbocycles. The summed E-state index contributed by atoms with van der Waals surface area (Å²) < 4.78 is 40.1. The van der Waals surface area contributed by atoms with E-state index in [4.69, 9.17) is 0 Å². The Hall–Kier alpha value is -2.45. The van der Waals surface area contributed by atoms with Gasteiger partial charge >= 0.3 is 0 Å². The van der Waals surface area contributed by atoms with Crippen molar-refractivity contribution in [2.24, 2.45) is 0 Å². The number of amides is 1. The van der Waals surface area contributed by atoms with Crippen molar-refractivity contribution in [3.05, 3.63) is 59.9 Å². The molecule has 1 amide bonds. The molecule has 1 saturated heterocycles. The van der Waals surface area contributed by atoms with Crippen molar-refractivity contribution in [1.29, 1.82) is 0 Å². The monoisotopic (exact) mass is 433 g/mol. The summed E-state index contributed by atoms with van der Waals surface area (Å²) >= 11 is 0. The van der Waals surface area contributed by atoms with E-state index in [9.17, 15) is 17.6 Å². The van der Waals surface area contributed by atoms with Crippen LogP contribution in [0.15, 0.2) is 53.4 Å². The molecular weight excluding hydrogens is 405 g/mol. The third kappa shape index (κ3) is 6.81. The van der Waals surface area contributed by atoms with Gasteiger partial charge in [-0.2, -0.15) is 0 Å². The molecule has 0 spiro atoms. The molecule has 1 aliphatic heterocycles. The fourth-order valence-corrected chi connectivity index (χ4v) is 4.54. The van der Waals surface area contributed by atoms with Gasteiger partial charge in [0.15, 0.2) is 0 Å². The summed E-state index contributed by atoms with van der Waals surface area (Å²) in [6.45, 7) is 3.99. The molecule has 0 unspecified atom stereocenters. The number of carbonyl (C=O) groups excluding carboxylic acids is 1. The third-order valence-electron chi connectivity index (χ3n) is 5.12. The number of nitrogens with one attached hydrogen (secondary N) is 2. The van der Waals surface area contributed by atoms with Crippen LogP contribution >= 0.6 is 0 Å². The first-order valence-corrected chi connectivity index (χ1v) is 11.8. The van der Waals surface area contributed by atoms with Crippen LogP contribution < -0.4 is 10.0 Å². The minimum absolute atomic E-state index is 0.0168. The summed E-state index contributed by atoms with van der Waals surface area (Å²) in [5, 5.41) is 2.94. The van der Waals surface area contributed by atoms with Crippen LogP contribution in [0.1, 0.15) is 31.2 Å². The second kappa shape index (κ2) is 10.5. The molecule has 2 N–H and O–H groups in total. The number of carbonyl (C=O) groups is 1. The number of hydrogen-bond acceptors (Lipinski definition) is 4. The van der Waals surface area contributed by atoms with Crippen molar-refractivity contribution in [2.45, 2.75) is 37.0 Å². The summed E-state index contributed by atoms with van der Waals surface area (Å²) in [6, 6.07) is 11.3. The molecule has 30 heavy (non-hydrogen) atoms. The molecule has 3 rings (SSSR count). The van der Waals surface area contributed by atoms with Crippen molar-refractivity contribution < 1.29 is 17.6 Å². The molecule has 162 valence electrons.